The molecule has 0 atom stereocenters. The van der Waals surface area contributed by atoms with E-state index in [-0.39, 0.29) is 28.6 Å². The van der Waals surface area contributed by atoms with Crippen LogP contribution in [0.2, 0.25) is 0 Å². The number of benzene rings is 1. The lowest BCUT2D eigenvalue weighted by Crippen LogP contribution is -1.94. The molecule has 0 unspecified atom stereocenters. The minimum absolute atomic E-state index is 0. The topological polar surface area (TPSA) is 59.3 Å². The van der Waals surface area contributed by atoms with Crippen LogP contribution in [0.15, 0.2) is 48.0 Å². The number of thiazole rings is 1. The molecule has 8 heteroatoms. The molecule has 0 radical (unpaired) electrons. The Morgan fingerprint density at radius 2 is 1.89 bits per heavy atom. The second-order valence-corrected chi connectivity index (χ2v) is 6.78. The Labute approximate surface area is 169 Å². The standard InChI is InChI=1S/C19H15FN4OS.BrH/c1-11-18(24-9-14(20)5-8-17(24)21-11)16-10-26-19(23-16)22-15-6-3-13(4-7-15)12(2)25;/h3-10H,1-2H3,(H,22,23);1H. The molecule has 3 aromatic heterocycles. The van der Waals surface area contributed by atoms with E-state index in [2.05, 4.69) is 15.3 Å². The molecule has 3 heterocycles. The van der Waals surface area contributed by atoms with Crippen LogP contribution in [0.5, 0.6) is 0 Å². The highest BCUT2D eigenvalue weighted by atomic mass is 79.9. The maximum atomic E-state index is 13.6. The van der Waals surface area contributed by atoms with Gasteiger partial charge in [-0.3, -0.25) is 9.20 Å². The van der Waals surface area contributed by atoms with Gasteiger partial charge in [-0.05, 0) is 50.2 Å². The summed E-state index contributed by atoms with van der Waals surface area (Å²) in [6.45, 7) is 3.42. The third-order valence-electron chi connectivity index (χ3n) is 4.05. The molecule has 0 saturated heterocycles. The first kappa shape index (κ1) is 19.2. The number of carbonyl (C=O) groups is 1. The summed E-state index contributed by atoms with van der Waals surface area (Å²) in [5.41, 5.74) is 4.49. The van der Waals surface area contributed by atoms with Gasteiger partial charge in [-0.15, -0.1) is 28.3 Å². The number of fused-ring (bicyclic) bond motifs is 1. The smallest absolute Gasteiger partial charge is 0.187 e. The summed E-state index contributed by atoms with van der Waals surface area (Å²) in [7, 11) is 0. The van der Waals surface area contributed by atoms with Crippen molar-refractivity contribution in [1.29, 1.82) is 0 Å². The van der Waals surface area contributed by atoms with Crippen LogP contribution in [0.4, 0.5) is 15.2 Å². The summed E-state index contributed by atoms with van der Waals surface area (Å²) in [6.07, 6.45) is 1.41. The van der Waals surface area contributed by atoms with Crippen LogP contribution in [-0.2, 0) is 0 Å². The largest absolute Gasteiger partial charge is 0.332 e. The number of carbonyl (C=O) groups excluding carboxylic acids is 1. The second kappa shape index (κ2) is 7.58. The number of aryl methyl sites for hydroxylation is 1. The van der Waals surface area contributed by atoms with Crippen molar-refractivity contribution in [2.24, 2.45) is 0 Å². The molecule has 4 aromatic rings. The van der Waals surface area contributed by atoms with Crippen LogP contribution in [-0.4, -0.2) is 20.2 Å². The Kier molecular flexibility index (Phi) is 5.38. The van der Waals surface area contributed by atoms with Crippen molar-refractivity contribution in [2.45, 2.75) is 13.8 Å². The van der Waals surface area contributed by atoms with Gasteiger partial charge in [0.05, 0.1) is 11.4 Å². The minimum Gasteiger partial charge on any atom is -0.332 e. The number of hydrogen-bond acceptors (Lipinski definition) is 5. The first-order valence-electron chi connectivity index (χ1n) is 7.99. The summed E-state index contributed by atoms with van der Waals surface area (Å²) in [5, 5.41) is 5.84. The molecule has 0 fully saturated rings. The maximum Gasteiger partial charge on any atom is 0.187 e. The second-order valence-electron chi connectivity index (χ2n) is 5.92. The molecule has 5 nitrogen and oxygen atoms in total. The van der Waals surface area contributed by atoms with Gasteiger partial charge in [0.2, 0.25) is 0 Å². The van der Waals surface area contributed by atoms with E-state index in [1.165, 1.54) is 30.5 Å². The van der Waals surface area contributed by atoms with Crippen LogP contribution in [0.25, 0.3) is 17.0 Å². The molecule has 1 N–H and O–H groups in total. The fraction of sp³-hybridized carbons (Fsp3) is 0.105. The van der Waals surface area contributed by atoms with Crippen LogP contribution >= 0.6 is 28.3 Å². The number of Topliss-reactive ketones (excluding diaryl/α,β-unsaturated/α-hetero) is 1. The van der Waals surface area contributed by atoms with Gasteiger partial charge in [0, 0.05) is 22.8 Å². The summed E-state index contributed by atoms with van der Waals surface area (Å²) in [6, 6.07) is 10.3. The van der Waals surface area contributed by atoms with Crippen molar-refractivity contribution < 1.29 is 9.18 Å². The van der Waals surface area contributed by atoms with Crippen molar-refractivity contribution in [1.82, 2.24) is 14.4 Å². The zero-order valence-corrected chi connectivity index (χ0v) is 17.1. The highest BCUT2D eigenvalue weighted by Gasteiger charge is 2.15. The molecule has 138 valence electrons. The quantitative estimate of drug-likeness (QED) is 0.424. The van der Waals surface area contributed by atoms with E-state index in [1.807, 2.05) is 24.4 Å². The lowest BCUT2D eigenvalue weighted by molar-refractivity contribution is 0.101. The third-order valence-corrected chi connectivity index (χ3v) is 4.80. The molecule has 0 spiro atoms. The summed E-state index contributed by atoms with van der Waals surface area (Å²) >= 11 is 1.45. The fourth-order valence-corrected chi connectivity index (χ4v) is 3.51. The van der Waals surface area contributed by atoms with Crippen molar-refractivity contribution in [3.63, 3.8) is 0 Å². The average Bonchev–Trinajstić information content (AvgIpc) is 3.18. The predicted octanol–water partition coefficient (Wildman–Crippen LogP) is 5.43. The molecular formula is C19H16BrFN4OS. The van der Waals surface area contributed by atoms with Crippen LogP contribution in [0, 0.1) is 12.7 Å². The van der Waals surface area contributed by atoms with Gasteiger partial charge in [0.25, 0.3) is 0 Å². The number of halogens is 2. The molecule has 0 aliphatic rings. The number of aromatic nitrogens is 3. The van der Waals surface area contributed by atoms with Crippen LogP contribution in [0.1, 0.15) is 23.0 Å². The lowest BCUT2D eigenvalue weighted by Gasteiger charge is -2.03. The molecule has 0 aliphatic carbocycles. The number of hydrogen-bond donors (Lipinski definition) is 1. The fourth-order valence-electron chi connectivity index (χ4n) is 2.80. The van der Waals surface area contributed by atoms with Crippen LogP contribution < -0.4 is 5.32 Å². The van der Waals surface area contributed by atoms with Gasteiger partial charge in [-0.2, -0.15) is 0 Å². The van der Waals surface area contributed by atoms with E-state index < -0.39 is 0 Å². The first-order valence-corrected chi connectivity index (χ1v) is 8.87. The van der Waals surface area contributed by atoms with Gasteiger partial charge in [0.15, 0.2) is 10.9 Å². The summed E-state index contributed by atoms with van der Waals surface area (Å²) in [5.74, 6) is -0.293. The average molecular weight is 447 g/mol. The Balaban J connectivity index is 0.00000210. The lowest BCUT2D eigenvalue weighted by atomic mass is 10.1. The molecule has 0 amide bonds. The SMILES string of the molecule is Br.CC(=O)c1ccc(Nc2nc(-c3c(C)nc4ccc(F)cn34)cs2)cc1. The van der Waals surface area contributed by atoms with Gasteiger partial charge in [-0.25, -0.2) is 14.4 Å². The first-order chi connectivity index (χ1) is 12.5. The van der Waals surface area contributed by atoms with E-state index in [1.54, 1.807) is 22.6 Å². The van der Waals surface area contributed by atoms with Crippen LogP contribution in [0.3, 0.4) is 0 Å². The Hall–Kier alpha value is -2.58. The van der Waals surface area contributed by atoms with Gasteiger partial charge >= 0.3 is 0 Å². The van der Waals surface area contributed by atoms with Gasteiger partial charge in [0.1, 0.15) is 17.2 Å². The molecule has 27 heavy (non-hydrogen) atoms. The summed E-state index contributed by atoms with van der Waals surface area (Å²) < 4.78 is 15.3. The van der Waals surface area contributed by atoms with Gasteiger partial charge in [-0.1, -0.05) is 0 Å². The normalized spacial score (nSPS) is 10.6. The molecule has 0 bridgehead atoms. The van der Waals surface area contributed by atoms with Gasteiger partial charge < -0.3 is 5.32 Å². The summed E-state index contributed by atoms with van der Waals surface area (Å²) in [4.78, 5) is 20.4. The Morgan fingerprint density at radius 1 is 1.15 bits per heavy atom. The number of rotatable bonds is 4. The van der Waals surface area contributed by atoms with E-state index >= 15 is 0 Å². The molecule has 0 aliphatic heterocycles. The van der Waals surface area contributed by atoms with E-state index in [4.69, 9.17) is 0 Å². The zero-order chi connectivity index (χ0) is 18.3. The van der Waals surface area contributed by atoms with E-state index in [9.17, 15) is 9.18 Å². The predicted molar refractivity (Wildman–Crippen MR) is 111 cm³/mol. The Morgan fingerprint density at radius 3 is 2.59 bits per heavy atom. The molecule has 1 aromatic carbocycles. The molecular weight excluding hydrogens is 431 g/mol. The molecule has 4 rings (SSSR count). The molecule has 0 saturated carbocycles. The number of nitrogens with zero attached hydrogens (tertiary/aromatic N) is 3. The number of ketones is 1. The minimum atomic E-state index is -0.324. The van der Waals surface area contributed by atoms with Crippen molar-refractivity contribution >= 4 is 50.6 Å². The number of nitrogens with one attached hydrogen (secondary N) is 1. The number of imidazole rings is 1. The monoisotopic (exact) mass is 446 g/mol. The maximum absolute atomic E-state index is 13.6. The van der Waals surface area contributed by atoms with Crippen molar-refractivity contribution in [3.8, 4) is 11.4 Å². The third kappa shape index (κ3) is 3.77. The zero-order valence-electron chi connectivity index (χ0n) is 14.6. The van der Waals surface area contributed by atoms with E-state index in [0.717, 1.165) is 22.8 Å². The van der Waals surface area contributed by atoms with Crippen molar-refractivity contribution in [2.75, 3.05) is 5.32 Å². The van der Waals surface area contributed by atoms with E-state index in [0.29, 0.717) is 16.3 Å². The highest BCUT2D eigenvalue weighted by Crippen LogP contribution is 2.30. The number of pyridine rings is 1. The number of anilines is 2. The van der Waals surface area contributed by atoms with Crippen molar-refractivity contribution in [3.05, 3.63) is 65.0 Å². The Bertz CT molecular complexity index is 1120. The highest BCUT2D eigenvalue weighted by molar-refractivity contribution is 8.93.